The third-order valence-electron chi connectivity index (χ3n) is 10.0. The molecule has 4 aromatic carbocycles. The molecule has 4 rings (SSSR count). The van der Waals surface area contributed by atoms with E-state index in [2.05, 4.69) is 26.6 Å². The van der Waals surface area contributed by atoms with Crippen molar-refractivity contribution in [2.75, 3.05) is 6.54 Å². The van der Waals surface area contributed by atoms with Crippen molar-refractivity contribution in [3.63, 3.8) is 0 Å². The molecule has 0 aliphatic carbocycles. The monoisotopic (exact) mass is 835 g/mol. The van der Waals surface area contributed by atoms with E-state index in [-0.39, 0.29) is 32.1 Å². The third kappa shape index (κ3) is 15.9. The van der Waals surface area contributed by atoms with Crippen molar-refractivity contribution in [3.05, 3.63) is 144 Å². The predicted octanol–water partition coefficient (Wildman–Crippen LogP) is 1.30. The topological polar surface area (TPSA) is 255 Å². The molecule has 0 saturated carbocycles. The van der Waals surface area contributed by atoms with Crippen LogP contribution in [0.4, 0.5) is 0 Å². The standard InChI is InChI=1S/C46H57N7O8/c1-30(54)40(45(59)52-38(28-33-20-10-4-11-21-33)42(56)49-36(46(60)61)24-14-15-25-47)53-44(58)39(29-34-22-12-5-13-23-34)51-43(57)37(27-32-18-8-3-9-19-32)50-41(55)35(48)26-31-16-6-2-7-17-31/h2-13,16-23,30,35-40,54H,14-15,24-29,47-48H2,1H3,(H,49,56)(H,50,55)(H,51,57)(H,52,59)(H,53,58)(H,60,61)/t30-,35+,36+,37+,38+,39+,40+/m1/s1. The van der Waals surface area contributed by atoms with Crippen LogP contribution < -0.4 is 38.1 Å². The second-order valence-electron chi connectivity index (χ2n) is 15.0. The number of hydrogen-bond acceptors (Lipinski definition) is 9. The minimum Gasteiger partial charge on any atom is -0.480 e. The molecule has 5 amide bonds. The number of nitrogens with two attached hydrogens (primary N) is 2. The average molecular weight is 836 g/mol. The van der Waals surface area contributed by atoms with E-state index in [1.807, 2.05) is 36.4 Å². The third-order valence-corrected chi connectivity index (χ3v) is 10.0. The van der Waals surface area contributed by atoms with Crippen LogP contribution in [-0.4, -0.2) is 94.6 Å². The van der Waals surface area contributed by atoms with Crippen LogP contribution in [0.1, 0.15) is 48.4 Å². The average Bonchev–Trinajstić information content (AvgIpc) is 3.25. The Kier molecular flexibility index (Phi) is 19.1. The molecule has 0 aliphatic rings. The molecule has 0 unspecified atom stereocenters. The zero-order chi connectivity index (χ0) is 44.1. The normalized spacial score (nSPS) is 14.4. The maximum atomic E-state index is 14.2. The zero-order valence-electron chi connectivity index (χ0n) is 34.2. The van der Waals surface area contributed by atoms with E-state index >= 15 is 0 Å². The molecule has 0 spiro atoms. The van der Waals surface area contributed by atoms with E-state index in [0.717, 1.165) is 11.1 Å². The molecular formula is C46H57N7O8. The van der Waals surface area contributed by atoms with Gasteiger partial charge in [0, 0.05) is 19.3 Å². The van der Waals surface area contributed by atoms with Gasteiger partial charge in [0.15, 0.2) is 0 Å². The lowest BCUT2D eigenvalue weighted by molar-refractivity contribution is -0.142. The maximum absolute atomic E-state index is 14.2. The molecule has 11 N–H and O–H groups in total. The summed E-state index contributed by atoms with van der Waals surface area (Å²) >= 11 is 0. The van der Waals surface area contributed by atoms with Crippen molar-refractivity contribution < 1.29 is 39.0 Å². The van der Waals surface area contributed by atoms with Crippen LogP contribution in [0, 0.1) is 0 Å². The van der Waals surface area contributed by atoms with Crippen LogP contribution in [0.3, 0.4) is 0 Å². The fourth-order valence-electron chi connectivity index (χ4n) is 6.63. The van der Waals surface area contributed by atoms with Crippen molar-refractivity contribution in [2.24, 2.45) is 11.5 Å². The highest BCUT2D eigenvalue weighted by atomic mass is 16.4. The Morgan fingerprint density at radius 2 is 0.836 bits per heavy atom. The molecule has 0 aromatic heterocycles. The molecule has 0 fully saturated rings. The van der Waals surface area contributed by atoms with Crippen molar-refractivity contribution in [1.82, 2.24) is 26.6 Å². The predicted molar refractivity (Wildman–Crippen MR) is 230 cm³/mol. The Balaban J connectivity index is 1.56. The van der Waals surface area contributed by atoms with Crippen molar-refractivity contribution in [3.8, 4) is 0 Å². The van der Waals surface area contributed by atoms with Gasteiger partial charge >= 0.3 is 5.97 Å². The summed E-state index contributed by atoms with van der Waals surface area (Å²) in [6.07, 6.45) is -0.168. The quantitative estimate of drug-likeness (QED) is 0.0458. The summed E-state index contributed by atoms with van der Waals surface area (Å²) in [5.74, 6) is -5.07. The lowest BCUT2D eigenvalue weighted by Gasteiger charge is -2.28. The van der Waals surface area contributed by atoms with Crippen molar-refractivity contribution in [2.45, 2.75) is 94.2 Å². The van der Waals surface area contributed by atoms with E-state index < -0.39 is 77.9 Å². The number of carboxylic acid groups (broad SMARTS) is 1. The van der Waals surface area contributed by atoms with Gasteiger partial charge in [0.2, 0.25) is 29.5 Å². The first-order valence-corrected chi connectivity index (χ1v) is 20.4. The number of aliphatic hydroxyl groups is 1. The Morgan fingerprint density at radius 3 is 1.21 bits per heavy atom. The van der Waals surface area contributed by atoms with Gasteiger partial charge < -0.3 is 48.3 Å². The van der Waals surface area contributed by atoms with Crippen molar-refractivity contribution in [1.29, 1.82) is 0 Å². The smallest absolute Gasteiger partial charge is 0.326 e. The minimum atomic E-state index is -1.62. The van der Waals surface area contributed by atoms with Gasteiger partial charge in [0.25, 0.3) is 0 Å². The number of aliphatic carboxylic acids is 1. The van der Waals surface area contributed by atoms with Gasteiger partial charge in [-0.25, -0.2) is 4.79 Å². The number of nitrogens with one attached hydrogen (secondary N) is 5. The van der Waals surface area contributed by atoms with E-state index in [0.29, 0.717) is 30.5 Å². The Labute approximate surface area is 356 Å². The van der Waals surface area contributed by atoms with E-state index in [9.17, 15) is 39.0 Å². The largest absolute Gasteiger partial charge is 0.480 e. The minimum absolute atomic E-state index is 0.0359. The molecule has 0 saturated heterocycles. The summed E-state index contributed by atoms with van der Waals surface area (Å²) in [7, 11) is 0. The van der Waals surface area contributed by atoms with Gasteiger partial charge in [-0.3, -0.25) is 24.0 Å². The summed E-state index contributed by atoms with van der Waals surface area (Å²) in [6, 6.07) is 28.1. The number of benzene rings is 4. The number of carbonyl (C=O) groups excluding carboxylic acids is 5. The highest BCUT2D eigenvalue weighted by molar-refractivity contribution is 5.97. The maximum Gasteiger partial charge on any atom is 0.326 e. The van der Waals surface area contributed by atoms with Gasteiger partial charge in [-0.05, 0) is 61.4 Å². The van der Waals surface area contributed by atoms with Gasteiger partial charge in [-0.1, -0.05) is 121 Å². The highest BCUT2D eigenvalue weighted by Crippen LogP contribution is 2.11. The number of carboxylic acids is 1. The molecule has 0 radical (unpaired) electrons. The molecule has 0 heterocycles. The second kappa shape index (κ2) is 24.6. The Bertz CT molecular complexity index is 2010. The van der Waals surface area contributed by atoms with Gasteiger partial charge in [-0.2, -0.15) is 0 Å². The summed E-state index contributed by atoms with van der Waals surface area (Å²) in [4.78, 5) is 81.4. The molecular weight excluding hydrogens is 779 g/mol. The van der Waals surface area contributed by atoms with Crippen LogP contribution >= 0.6 is 0 Å². The Morgan fingerprint density at radius 1 is 0.492 bits per heavy atom. The molecule has 0 bridgehead atoms. The number of aliphatic hydroxyl groups excluding tert-OH is 1. The van der Waals surface area contributed by atoms with Crippen LogP contribution in [0.5, 0.6) is 0 Å². The molecule has 15 nitrogen and oxygen atoms in total. The van der Waals surface area contributed by atoms with E-state index in [1.165, 1.54) is 6.92 Å². The molecule has 7 atom stereocenters. The lowest BCUT2D eigenvalue weighted by atomic mass is 10.0. The van der Waals surface area contributed by atoms with Crippen LogP contribution in [0.25, 0.3) is 0 Å². The fraction of sp³-hybridized carbons (Fsp3) is 0.348. The van der Waals surface area contributed by atoms with Gasteiger partial charge in [0.05, 0.1) is 12.1 Å². The van der Waals surface area contributed by atoms with Crippen LogP contribution in [0.15, 0.2) is 121 Å². The highest BCUT2D eigenvalue weighted by Gasteiger charge is 2.35. The lowest BCUT2D eigenvalue weighted by Crippen LogP contribution is -2.62. The van der Waals surface area contributed by atoms with E-state index in [4.69, 9.17) is 11.5 Å². The first kappa shape index (κ1) is 47.3. The molecule has 61 heavy (non-hydrogen) atoms. The van der Waals surface area contributed by atoms with Gasteiger partial charge in [-0.15, -0.1) is 0 Å². The fourth-order valence-corrected chi connectivity index (χ4v) is 6.63. The van der Waals surface area contributed by atoms with Crippen molar-refractivity contribution >= 4 is 35.5 Å². The zero-order valence-corrected chi connectivity index (χ0v) is 34.2. The molecule has 15 heteroatoms. The summed E-state index contributed by atoms with van der Waals surface area (Å²) in [5, 5.41) is 33.9. The Hall–Kier alpha value is -6.42. The molecule has 4 aromatic rings. The van der Waals surface area contributed by atoms with Crippen LogP contribution in [-0.2, 0) is 54.5 Å². The van der Waals surface area contributed by atoms with Crippen LogP contribution in [0.2, 0.25) is 0 Å². The number of hydrogen-bond donors (Lipinski definition) is 9. The number of rotatable bonds is 24. The first-order valence-electron chi connectivity index (χ1n) is 20.4. The second-order valence-corrected chi connectivity index (χ2v) is 15.0. The molecule has 324 valence electrons. The first-order chi connectivity index (χ1) is 29.3. The molecule has 0 aliphatic heterocycles. The summed E-state index contributed by atoms with van der Waals surface area (Å²) < 4.78 is 0. The summed E-state index contributed by atoms with van der Waals surface area (Å²) in [6.45, 7) is 1.63. The SMILES string of the molecule is C[C@@H](O)[C@H](NC(=O)[C@H](Cc1ccccc1)NC(=O)[C@H](Cc1ccccc1)NC(=O)[C@@H](N)Cc1ccccc1)C(=O)N[C@@H](Cc1ccccc1)C(=O)N[C@@H](CCCCN)C(=O)O. The number of unbranched alkanes of at least 4 members (excludes halogenated alkanes) is 1. The van der Waals surface area contributed by atoms with E-state index in [1.54, 1.807) is 84.9 Å². The summed E-state index contributed by atoms with van der Waals surface area (Å²) in [5.41, 5.74) is 14.7. The number of amides is 5. The number of carbonyl (C=O) groups is 6. The van der Waals surface area contributed by atoms with Gasteiger partial charge in [0.1, 0.15) is 30.2 Å².